The zero-order chi connectivity index (χ0) is 9.56. The maximum atomic E-state index is 5.66. The molecule has 0 fully saturated rings. The number of nitrogens with zero attached hydrogens (tertiary/aromatic N) is 1. The van der Waals surface area contributed by atoms with Gasteiger partial charge in [-0.3, -0.25) is 0 Å². The first kappa shape index (κ1) is 11.2. The Balaban J connectivity index is 0.000000561. The second-order valence-corrected chi connectivity index (χ2v) is 2.36. The average molecular weight is 188 g/mol. The molecule has 1 rings (SSSR count). The van der Waals surface area contributed by atoms with E-state index in [1.807, 2.05) is 26.8 Å². The van der Waals surface area contributed by atoms with E-state index < -0.39 is 0 Å². The first-order valence-corrected chi connectivity index (χ1v) is 4.28. The number of pyridine rings is 1. The van der Waals surface area contributed by atoms with E-state index in [-0.39, 0.29) is 0 Å². The Hall–Kier alpha value is -0.760. The predicted molar refractivity (Wildman–Crippen MR) is 51.9 cm³/mol. The highest BCUT2D eigenvalue weighted by Crippen LogP contribution is 2.21. The number of aromatic nitrogens is 1. The summed E-state index contributed by atoms with van der Waals surface area (Å²) in [4.78, 5) is 3.89. The summed E-state index contributed by atoms with van der Waals surface area (Å²) in [5.74, 6) is 0.627. The SMILES string of the molecule is CC.COc1cc(C)cnc1Cl. The van der Waals surface area contributed by atoms with Crippen molar-refractivity contribution >= 4 is 11.6 Å². The molecule has 68 valence electrons. The second kappa shape index (κ2) is 5.84. The van der Waals surface area contributed by atoms with Crippen LogP contribution in [0, 0.1) is 6.92 Å². The monoisotopic (exact) mass is 187 g/mol. The molecule has 0 N–H and O–H groups in total. The van der Waals surface area contributed by atoms with Crippen LogP contribution < -0.4 is 4.74 Å². The van der Waals surface area contributed by atoms with Gasteiger partial charge in [0.05, 0.1) is 7.11 Å². The molecule has 1 aromatic heterocycles. The standard InChI is InChI=1S/C7H8ClNO.C2H6/c1-5-3-6(10-2)7(8)9-4-5;1-2/h3-4H,1-2H3;1-2H3. The summed E-state index contributed by atoms with van der Waals surface area (Å²) in [6.45, 7) is 5.94. The summed E-state index contributed by atoms with van der Waals surface area (Å²) in [7, 11) is 1.57. The molecular weight excluding hydrogens is 174 g/mol. The molecule has 0 aliphatic rings. The van der Waals surface area contributed by atoms with E-state index in [2.05, 4.69) is 4.98 Å². The lowest BCUT2D eigenvalue weighted by Crippen LogP contribution is -1.87. The zero-order valence-corrected chi connectivity index (χ0v) is 8.64. The third-order valence-electron chi connectivity index (χ3n) is 1.16. The minimum absolute atomic E-state index is 0.410. The summed E-state index contributed by atoms with van der Waals surface area (Å²) >= 11 is 5.66. The number of aryl methyl sites for hydroxylation is 1. The van der Waals surface area contributed by atoms with Gasteiger partial charge in [-0.2, -0.15) is 0 Å². The molecule has 0 saturated carbocycles. The van der Waals surface area contributed by atoms with Crippen LogP contribution in [0.15, 0.2) is 12.3 Å². The van der Waals surface area contributed by atoms with Gasteiger partial charge in [0.1, 0.15) is 0 Å². The average Bonchev–Trinajstić information content (AvgIpc) is 2.13. The zero-order valence-electron chi connectivity index (χ0n) is 7.89. The van der Waals surface area contributed by atoms with Gasteiger partial charge in [-0.15, -0.1) is 0 Å². The normalized spacial score (nSPS) is 8.42. The van der Waals surface area contributed by atoms with Crippen molar-refractivity contribution in [3.63, 3.8) is 0 Å². The van der Waals surface area contributed by atoms with Crippen molar-refractivity contribution < 1.29 is 4.74 Å². The molecule has 0 amide bonds. The number of hydrogen-bond donors (Lipinski definition) is 0. The van der Waals surface area contributed by atoms with Gasteiger partial charge in [-0.05, 0) is 18.6 Å². The van der Waals surface area contributed by atoms with Gasteiger partial charge in [0.25, 0.3) is 0 Å². The minimum Gasteiger partial charge on any atom is -0.494 e. The predicted octanol–water partition coefficient (Wildman–Crippen LogP) is 3.08. The molecule has 12 heavy (non-hydrogen) atoms. The smallest absolute Gasteiger partial charge is 0.171 e. The summed E-state index contributed by atoms with van der Waals surface area (Å²) in [6, 6.07) is 1.84. The summed E-state index contributed by atoms with van der Waals surface area (Å²) in [6.07, 6.45) is 1.70. The molecule has 0 atom stereocenters. The van der Waals surface area contributed by atoms with Crippen molar-refractivity contribution in [2.24, 2.45) is 0 Å². The Labute approximate surface area is 78.5 Å². The third-order valence-corrected chi connectivity index (χ3v) is 1.45. The fourth-order valence-electron chi connectivity index (χ4n) is 0.669. The van der Waals surface area contributed by atoms with Crippen molar-refractivity contribution in [3.8, 4) is 5.75 Å². The van der Waals surface area contributed by atoms with E-state index in [1.165, 1.54) is 0 Å². The van der Waals surface area contributed by atoms with Gasteiger partial charge in [0.15, 0.2) is 10.9 Å². The van der Waals surface area contributed by atoms with Crippen molar-refractivity contribution in [1.82, 2.24) is 4.98 Å². The molecule has 0 aromatic carbocycles. The topological polar surface area (TPSA) is 22.1 Å². The molecule has 0 bridgehead atoms. The van der Waals surface area contributed by atoms with Crippen LogP contribution in [-0.4, -0.2) is 12.1 Å². The molecule has 3 heteroatoms. The summed E-state index contributed by atoms with van der Waals surface area (Å²) < 4.78 is 4.93. The van der Waals surface area contributed by atoms with Crippen LogP contribution >= 0.6 is 11.6 Å². The van der Waals surface area contributed by atoms with Crippen LogP contribution in [0.25, 0.3) is 0 Å². The van der Waals surface area contributed by atoms with Gasteiger partial charge in [0.2, 0.25) is 0 Å². The Morgan fingerprint density at radius 3 is 2.42 bits per heavy atom. The molecule has 0 aliphatic carbocycles. The van der Waals surface area contributed by atoms with Crippen LogP contribution in [0.3, 0.4) is 0 Å². The first-order chi connectivity index (χ1) is 5.74. The molecule has 0 aliphatic heterocycles. The van der Waals surface area contributed by atoms with Crippen LogP contribution in [0.2, 0.25) is 5.15 Å². The quantitative estimate of drug-likeness (QED) is 0.631. The van der Waals surface area contributed by atoms with Crippen molar-refractivity contribution in [2.45, 2.75) is 20.8 Å². The number of hydrogen-bond acceptors (Lipinski definition) is 2. The van der Waals surface area contributed by atoms with Gasteiger partial charge < -0.3 is 4.74 Å². The van der Waals surface area contributed by atoms with Gasteiger partial charge in [0, 0.05) is 6.20 Å². The lowest BCUT2D eigenvalue weighted by molar-refractivity contribution is 0.413. The van der Waals surface area contributed by atoms with Crippen molar-refractivity contribution in [3.05, 3.63) is 23.0 Å². The van der Waals surface area contributed by atoms with Crippen LogP contribution in [0.5, 0.6) is 5.75 Å². The molecule has 0 saturated heterocycles. The van der Waals surface area contributed by atoms with Crippen LogP contribution in [-0.2, 0) is 0 Å². The molecule has 0 unspecified atom stereocenters. The molecule has 0 spiro atoms. The van der Waals surface area contributed by atoms with E-state index in [0.29, 0.717) is 10.9 Å². The Bertz CT molecular complexity index is 238. The Kier molecular flexibility index (Phi) is 5.47. The Morgan fingerprint density at radius 1 is 1.42 bits per heavy atom. The highest BCUT2D eigenvalue weighted by atomic mass is 35.5. The molecule has 2 nitrogen and oxygen atoms in total. The van der Waals surface area contributed by atoms with Crippen molar-refractivity contribution in [2.75, 3.05) is 7.11 Å². The lowest BCUT2D eigenvalue weighted by Gasteiger charge is -2.00. The number of ether oxygens (including phenoxy) is 1. The third kappa shape index (κ3) is 3.09. The molecule has 1 heterocycles. The first-order valence-electron chi connectivity index (χ1n) is 3.90. The molecule has 0 radical (unpaired) electrons. The molecular formula is C9H14ClNO. The molecule has 1 aromatic rings. The lowest BCUT2D eigenvalue weighted by atomic mass is 10.3. The second-order valence-electron chi connectivity index (χ2n) is 2.01. The highest BCUT2D eigenvalue weighted by Gasteiger charge is 1.98. The number of rotatable bonds is 1. The fourth-order valence-corrected chi connectivity index (χ4v) is 0.849. The largest absolute Gasteiger partial charge is 0.494 e. The van der Waals surface area contributed by atoms with Gasteiger partial charge in [-0.25, -0.2) is 4.98 Å². The van der Waals surface area contributed by atoms with Crippen LogP contribution in [0.4, 0.5) is 0 Å². The van der Waals surface area contributed by atoms with Gasteiger partial charge >= 0.3 is 0 Å². The number of methoxy groups -OCH3 is 1. The van der Waals surface area contributed by atoms with Crippen molar-refractivity contribution in [1.29, 1.82) is 0 Å². The highest BCUT2D eigenvalue weighted by molar-refractivity contribution is 6.30. The summed E-state index contributed by atoms with van der Waals surface area (Å²) in [5, 5.41) is 0.410. The maximum absolute atomic E-state index is 5.66. The summed E-state index contributed by atoms with van der Waals surface area (Å²) in [5.41, 5.74) is 1.04. The number of halogens is 1. The minimum atomic E-state index is 0.410. The van der Waals surface area contributed by atoms with E-state index in [9.17, 15) is 0 Å². The maximum Gasteiger partial charge on any atom is 0.171 e. The van der Waals surface area contributed by atoms with E-state index in [4.69, 9.17) is 16.3 Å². The van der Waals surface area contributed by atoms with Crippen LogP contribution in [0.1, 0.15) is 19.4 Å². The van der Waals surface area contributed by atoms with E-state index in [0.717, 1.165) is 5.56 Å². The Morgan fingerprint density at radius 2 is 2.00 bits per heavy atom. The van der Waals surface area contributed by atoms with E-state index >= 15 is 0 Å². The van der Waals surface area contributed by atoms with Gasteiger partial charge in [-0.1, -0.05) is 25.4 Å². The fraction of sp³-hybridized carbons (Fsp3) is 0.444. The van der Waals surface area contributed by atoms with E-state index in [1.54, 1.807) is 13.3 Å².